The van der Waals surface area contributed by atoms with Crippen LogP contribution in [0.5, 0.6) is 0 Å². The van der Waals surface area contributed by atoms with Gasteiger partial charge in [0.05, 0.1) is 17.4 Å². The lowest BCUT2D eigenvalue weighted by Gasteiger charge is -2.33. The highest BCUT2D eigenvalue weighted by Gasteiger charge is 2.34. The highest BCUT2D eigenvalue weighted by atomic mass is 32.2. The molecular weight excluding hydrogens is 359 g/mol. The Morgan fingerprint density at radius 1 is 1.16 bits per heavy atom. The third kappa shape index (κ3) is 5.41. The molecule has 0 aliphatic carbocycles. The number of amides is 1. The first-order chi connectivity index (χ1) is 11.6. The average Bonchev–Trinajstić information content (AvgIpc) is 2.53. The number of benzene rings is 1. The van der Waals surface area contributed by atoms with Crippen LogP contribution < -0.4 is 5.32 Å². The predicted molar refractivity (Wildman–Crippen MR) is 86.6 cm³/mol. The highest BCUT2D eigenvalue weighted by molar-refractivity contribution is 7.88. The van der Waals surface area contributed by atoms with Gasteiger partial charge in [-0.1, -0.05) is 12.1 Å². The Bertz CT molecular complexity index is 714. The second-order valence-corrected chi connectivity index (χ2v) is 7.79. The number of nitrogens with one attached hydrogen (secondary N) is 1. The van der Waals surface area contributed by atoms with E-state index in [-0.39, 0.29) is 6.54 Å². The smallest absolute Gasteiger partial charge is 0.351 e. The van der Waals surface area contributed by atoms with Crippen LogP contribution in [-0.4, -0.2) is 69.1 Å². The molecule has 1 aromatic carbocycles. The Morgan fingerprint density at radius 2 is 1.76 bits per heavy atom. The predicted octanol–water partition coefficient (Wildman–Crippen LogP) is 1.01. The molecule has 25 heavy (non-hydrogen) atoms. The number of rotatable bonds is 5. The van der Waals surface area contributed by atoms with Crippen LogP contribution in [0.25, 0.3) is 0 Å². The van der Waals surface area contributed by atoms with Crippen LogP contribution in [0.1, 0.15) is 15.9 Å². The maximum absolute atomic E-state index is 12.9. The zero-order chi connectivity index (χ0) is 18.7. The molecule has 0 aromatic heterocycles. The normalized spacial score (nSPS) is 17.4. The first-order valence-electron chi connectivity index (χ1n) is 7.71. The van der Waals surface area contributed by atoms with Crippen LogP contribution in [0.2, 0.25) is 0 Å². The maximum Gasteiger partial charge on any atom is 0.417 e. The van der Waals surface area contributed by atoms with Crippen LogP contribution in [0.4, 0.5) is 13.2 Å². The summed E-state index contributed by atoms with van der Waals surface area (Å²) in [6.07, 6.45) is -3.43. The number of hydrogen-bond donors (Lipinski definition) is 1. The standard InChI is InChI=1S/C15H20F3N3O3S/c1-25(23,24)21-10-8-20(9-11-21)7-6-19-14(22)12-4-2-3-5-13(12)15(16,17)18/h2-5H,6-11H2,1H3,(H,19,22). The minimum Gasteiger partial charge on any atom is -0.351 e. The molecule has 0 atom stereocenters. The molecule has 0 radical (unpaired) electrons. The van der Waals surface area contributed by atoms with E-state index in [0.29, 0.717) is 32.7 Å². The summed E-state index contributed by atoms with van der Waals surface area (Å²) in [5.74, 6) is -0.775. The molecule has 10 heteroatoms. The molecule has 6 nitrogen and oxygen atoms in total. The molecule has 1 heterocycles. The number of carbonyl (C=O) groups is 1. The number of alkyl halides is 3. The lowest BCUT2D eigenvalue weighted by molar-refractivity contribution is -0.137. The zero-order valence-electron chi connectivity index (χ0n) is 13.7. The minimum atomic E-state index is -4.59. The van der Waals surface area contributed by atoms with E-state index in [4.69, 9.17) is 0 Å². The van der Waals surface area contributed by atoms with Gasteiger partial charge in [-0.25, -0.2) is 8.42 Å². The molecule has 2 rings (SSSR count). The lowest BCUT2D eigenvalue weighted by atomic mass is 10.1. The van der Waals surface area contributed by atoms with Gasteiger partial charge in [-0.2, -0.15) is 17.5 Å². The summed E-state index contributed by atoms with van der Waals surface area (Å²) in [5, 5.41) is 2.49. The number of nitrogens with zero attached hydrogens (tertiary/aromatic N) is 2. The first kappa shape index (κ1) is 19.7. The quantitative estimate of drug-likeness (QED) is 0.829. The van der Waals surface area contributed by atoms with E-state index in [1.807, 2.05) is 4.90 Å². The molecule has 1 fully saturated rings. The van der Waals surface area contributed by atoms with Crippen LogP contribution in [-0.2, 0) is 16.2 Å². The van der Waals surface area contributed by atoms with Gasteiger partial charge < -0.3 is 5.32 Å². The van der Waals surface area contributed by atoms with Crippen molar-refractivity contribution >= 4 is 15.9 Å². The van der Waals surface area contributed by atoms with Crippen molar-refractivity contribution in [3.05, 3.63) is 35.4 Å². The van der Waals surface area contributed by atoms with Crippen LogP contribution in [0, 0.1) is 0 Å². The van der Waals surface area contributed by atoms with Crippen molar-refractivity contribution in [2.75, 3.05) is 45.5 Å². The van der Waals surface area contributed by atoms with Crippen molar-refractivity contribution < 1.29 is 26.4 Å². The summed E-state index contributed by atoms with van der Waals surface area (Å²) in [4.78, 5) is 14.0. The largest absolute Gasteiger partial charge is 0.417 e. The summed E-state index contributed by atoms with van der Waals surface area (Å²) < 4.78 is 63.0. The SMILES string of the molecule is CS(=O)(=O)N1CCN(CCNC(=O)c2ccccc2C(F)(F)F)CC1. The fourth-order valence-corrected chi connectivity index (χ4v) is 3.46. The average molecular weight is 379 g/mol. The topological polar surface area (TPSA) is 69.7 Å². The van der Waals surface area contributed by atoms with Gasteiger partial charge >= 0.3 is 6.18 Å². The molecule has 1 aliphatic heterocycles. The van der Waals surface area contributed by atoms with E-state index in [1.165, 1.54) is 16.4 Å². The Morgan fingerprint density at radius 3 is 2.32 bits per heavy atom. The summed E-state index contributed by atoms with van der Waals surface area (Å²) in [5.41, 5.74) is -1.37. The fourth-order valence-electron chi connectivity index (χ4n) is 2.64. The van der Waals surface area contributed by atoms with E-state index in [0.717, 1.165) is 18.4 Å². The molecule has 1 N–H and O–H groups in total. The molecule has 0 unspecified atom stereocenters. The third-order valence-corrected chi connectivity index (χ3v) is 5.29. The van der Waals surface area contributed by atoms with E-state index in [1.54, 1.807) is 0 Å². The molecule has 0 spiro atoms. The van der Waals surface area contributed by atoms with E-state index < -0.39 is 33.2 Å². The van der Waals surface area contributed by atoms with Gasteiger partial charge in [0.15, 0.2) is 0 Å². The molecule has 1 aromatic rings. The molecule has 0 bridgehead atoms. The number of carbonyl (C=O) groups excluding carboxylic acids is 1. The third-order valence-electron chi connectivity index (χ3n) is 3.99. The zero-order valence-corrected chi connectivity index (χ0v) is 14.5. The van der Waals surface area contributed by atoms with Crippen molar-refractivity contribution in [1.29, 1.82) is 0 Å². The van der Waals surface area contributed by atoms with Gasteiger partial charge in [-0.05, 0) is 12.1 Å². The molecular formula is C15H20F3N3O3S. The van der Waals surface area contributed by atoms with E-state index in [9.17, 15) is 26.4 Å². The van der Waals surface area contributed by atoms with E-state index in [2.05, 4.69) is 5.32 Å². The molecule has 1 amide bonds. The van der Waals surface area contributed by atoms with Crippen molar-refractivity contribution in [3.8, 4) is 0 Å². The number of hydrogen-bond acceptors (Lipinski definition) is 4. The fraction of sp³-hybridized carbons (Fsp3) is 0.533. The molecule has 1 aliphatic rings. The Kier molecular flexibility index (Phi) is 6.07. The Balaban J connectivity index is 1.85. The van der Waals surface area contributed by atoms with Crippen LogP contribution >= 0.6 is 0 Å². The van der Waals surface area contributed by atoms with Crippen molar-refractivity contribution in [2.24, 2.45) is 0 Å². The van der Waals surface area contributed by atoms with Crippen molar-refractivity contribution in [1.82, 2.24) is 14.5 Å². The summed E-state index contributed by atoms with van der Waals surface area (Å²) in [7, 11) is -3.21. The second-order valence-electron chi connectivity index (χ2n) is 5.80. The van der Waals surface area contributed by atoms with Crippen molar-refractivity contribution in [3.63, 3.8) is 0 Å². The number of sulfonamides is 1. The van der Waals surface area contributed by atoms with Gasteiger partial charge in [0.1, 0.15) is 0 Å². The minimum absolute atomic E-state index is 0.184. The maximum atomic E-state index is 12.9. The first-order valence-corrected chi connectivity index (χ1v) is 9.56. The van der Waals surface area contributed by atoms with Crippen molar-refractivity contribution in [2.45, 2.75) is 6.18 Å². The van der Waals surface area contributed by atoms with Gasteiger partial charge in [-0.15, -0.1) is 0 Å². The summed E-state index contributed by atoms with van der Waals surface area (Å²) in [6.45, 7) is 2.39. The van der Waals surface area contributed by atoms with E-state index >= 15 is 0 Å². The van der Waals surface area contributed by atoms with Crippen LogP contribution in [0.15, 0.2) is 24.3 Å². The van der Waals surface area contributed by atoms with Gasteiger partial charge in [0.2, 0.25) is 10.0 Å². The molecule has 1 saturated heterocycles. The summed E-state index contributed by atoms with van der Waals surface area (Å²) >= 11 is 0. The number of halogens is 3. The van der Waals surface area contributed by atoms with Gasteiger partial charge in [0, 0.05) is 39.3 Å². The Hall–Kier alpha value is -1.65. The van der Waals surface area contributed by atoms with Gasteiger partial charge in [-0.3, -0.25) is 9.69 Å². The molecule has 0 saturated carbocycles. The summed E-state index contributed by atoms with van der Waals surface area (Å²) in [6, 6.07) is 4.64. The Labute approximate surface area is 144 Å². The molecule has 140 valence electrons. The van der Waals surface area contributed by atoms with Gasteiger partial charge in [0.25, 0.3) is 5.91 Å². The second kappa shape index (κ2) is 7.71. The lowest BCUT2D eigenvalue weighted by Crippen LogP contribution is -2.49. The monoisotopic (exact) mass is 379 g/mol. The number of piperazine rings is 1. The highest BCUT2D eigenvalue weighted by Crippen LogP contribution is 2.31. The van der Waals surface area contributed by atoms with Crippen LogP contribution in [0.3, 0.4) is 0 Å².